The maximum absolute atomic E-state index is 12.4. The van der Waals surface area contributed by atoms with Gasteiger partial charge in [-0.25, -0.2) is 0 Å². The van der Waals surface area contributed by atoms with Crippen molar-refractivity contribution in [1.29, 1.82) is 0 Å². The lowest BCUT2D eigenvalue weighted by molar-refractivity contribution is -0.119. The van der Waals surface area contributed by atoms with Crippen LogP contribution in [0.25, 0.3) is 5.69 Å². The van der Waals surface area contributed by atoms with Crippen LogP contribution in [-0.2, 0) is 11.2 Å². The number of carbonyl (C=O) groups excluding carboxylic acids is 1. The molecule has 3 rings (SSSR count). The first-order valence-corrected chi connectivity index (χ1v) is 10.0. The van der Waals surface area contributed by atoms with Crippen molar-refractivity contribution in [3.8, 4) is 11.4 Å². The van der Waals surface area contributed by atoms with Gasteiger partial charge in [-0.05, 0) is 59.2 Å². The Morgan fingerprint density at radius 3 is 2.54 bits per heavy atom. The molecule has 0 aliphatic carbocycles. The van der Waals surface area contributed by atoms with Crippen LogP contribution in [0.4, 0.5) is 0 Å². The predicted octanol–water partition coefficient (Wildman–Crippen LogP) is 3.20. The summed E-state index contributed by atoms with van der Waals surface area (Å²) in [4.78, 5) is 12.4. The third kappa shape index (κ3) is 4.89. The highest BCUT2D eigenvalue weighted by molar-refractivity contribution is 7.99. The van der Waals surface area contributed by atoms with E-state index in [-0.39, 0.29) is 17.7 Å². The van der Waals surface area contributed by atoms with Crippen LogP contribution in [0.5, 0.6) is 5.75 Å². The van der Waals surface area contributed by atoms with Crippen LogP contribution in [0.1, 0.15) is 31.0 Å². The number of carbonyl (C=O) groups is 1. The van der Waals surface area contributed by atoms with E-state index in [2.05, 4.69) is 52.0 Å². The number of tetrazole rings is 1. The minimum absolute atomic E-state index is 0.0587. The first-order chi connectivity index (χ1) is 13.6. The molecule has 0 unspecified atom stereocenters. The quantitative estimate of drug-likeness (QED) is 0.588. The maximum Gasteiger partial charge on any atom is 0.230 e. The average molecular weight is 398 g/mol. The number of hydrogen-bond donors (Lipinski definition) is 1. The van der Waals surface area contributed by atoms with Gasteiger partial charge in [-0.2, -0.15) is 4.68 Å². The van der Waals surface area contributed by atoms with E-state index in [1.807, 2.05) is 31.2 Å². The number of hydrogen-bond acceptors (Lipinski definition) is 6. The Labute approximate surface area is 168 Å². The number of nitrogens with zero attached hydrogens (tertiary/aromatic N) is 4. The lowest BCUT2D eigenvalue weighted by Gasteiger charge is -2.14. The molecular formula is C20H23N5O2S. The Hall–Kier alpha value is -2.87. The van der Waals surface area contributed by atoms with Crippen molar-refractivity contribution in [2.24, 2.45) is 0 Å². The van der Waals surface area contributed by atoms with Gasteiger partial charge in [-0.1, -0.05) is 43.0 Å². The van der Waals surface area contributed by atoms with Gasteiger partial charge in [0.2, 0.25) is 11.1 Å². The van der Waals surface area contributed by atoms with E-state index >= 15 is 0 Å². The van der Waals surface area contributed by atoms with Crippen molar-refractivity contribution in [2.45, 2.75) is 31.5 Å². The van der Waals surface area contributed by atoms with E-state index in [1.54, 1.807) is 11.8 Å². The summed E-state index contributed by atoms with van der Waals surface area (Å²) in [6.45, 7) is 4.10. The second-order valence-corrected chi connectivity index (χ2v) is 7.19. The lowest BCUT2D eigenvalue weighted by Crippen LogP contribution is -2.28. The predicted molar refractivity (Wildman–Crippen MR) is 109 cm³/mol. The zero-order valence-electron chi connectivity index (χ0n) is 16.1. The van der Waals surface area contributed by atoms with E-state index in [0.29, 0.717) is 5.16 Å². The number of amides is 1. The van der Waals surface area contributed by atoms with Crippen molar-refractivity contribution in [3.63, 3.8) is 0 Å². The first-order valence-electron chi connectivity index (χ1n) is 9.04. The fourth-order valence-corrected chi connectivity index (χ4v) is 3.39. The van der Waals surface area contributed by atoms with Crippen molar-refractivity contribution in [2.75, 3.05) is 12.9 Å². The van der Waals surface area contributed by atoms with Crippen molar-refractivity contribution in [3.05, 3.63) is 59.7 Å². The number of aryl methyl sites for hydroxylation is 1. The van der Waals surface area contributed by atoms with Gasteiger partial charge in [0, 0.05) is 0 Å². The average Bonchev–Trinajstić information content (AvgIpc) is 3.21. The van der Waals surface area contributed by atoms with E-state index in [9.17, 15) is 4.79 Å². The molecule has 0 bridgehead atoms. The van der Waals surface area contributed by atoms with Gasteiger partial charge in [-0.3, -0.25) is 4.79 Å². The van der Waals surface area contributed by atoms with Crippen LogP contribution >= 0.6 is 11.8 Å². The van der Waals surface area contributed by atoms with Gasteiger partial charge in [0.1, 0.15) is 5.75 Å². The maximum atomic E-state index is 12.4. The van der Waals surface area contributed by atoms with Gasteiger partial charge in [0.05, 0.1) is 24.6 Å². The summed E-state index contributed by atoms with van der Waals surface area (Å²) in [5.41, 5.74) is 3.17. The zero-order chi connectivity index (χ0) is 19.9. The molecule has 0 radical (unpaired) electrons. The van der Waals surface area contributed by atoms with Crippen LogP contribution < -0.4 is 10.1 Å². The summed E-state index contributed by atoms with van der Waals surface area (Å²) < 4.78 is 6.76. The van der Waals surface area contributed by atoms with E-state index < -0.39 is 0 Å². The topological polar surface area (TPSA) is 81.9 Å². The second-order valence-electron chi connectivity index (χ2n) is 6.24. The van der Waals surface area contributed by atoms with Crippen LogP contribution in [-0.4, -0.2) is 39.0 Å². The number of rotatable bonds is 8. The molecule has 28 heavy (non-hydrogen) atoms. The molecule has 1 aromatic heterocycles. The Kier molecular flexibility index (Phi) is 6.65. The molecule has 0 aliphatic heterocycles. The first kappa shape index (κ1) is 19.9. The van der Waals surface area contributed by atoms with Gasteiger partial charge >= 0.3 is 0 Å². The molecule has 146 valence electrons. The highest BCUT2D eigenvalue weighted by Gasteiger charge is 2.14. The van der Waals surface area contributed by atoms with Crippen molar-refractivity contribution < 1.29 is 9.53 Å². The summed E-state index contributed by atoms with van der Waals surface area (Å²) >= 11 is 1.29. The highest BCUT2D eigenvalue weighted by atomic mass is 32.2. The second kappa shape index (κ2) is 9.36. The summed E-state index contributed by atoms with van der Waals surface area (Å²) in [5, 5.41) is 15.3. The number of thioether (sulfide) groups is 1. The molecular weight excluding hydrogens is 374 g/mol. The third-order valence-electron chi connectivity index (χ3n) is 4.36. The number of methoxy groups -OCH3 is 1. The summed E-state index contributed by atoms with van der Waals surface area (Å²) in [6.07, 6.45) is 1.00. The molecule has 0 saturated carbocycles. The molecule has 1 atom stereocenters. The standard InChI is InChI=1S/C20H23N5O2S/c1-4-15-5-7-16(8-6-15)14(2)21-19(26)13-28-20-22-23-24-25(20)17-9-11-18(27-3)12-10-17/h5-12,14H,4,13H2,1-3H3,(H,21,26)/t14-/m1/s1. The van der Waals surface area contributed by atoms with Crippen molar-refractivity contribution in [1.82, 2.24) is 25.5 Å². The van der Waals surface area contributed by atoms with Crippen LogP contribution in [0.3, 0.4) is 0 Å². The Morgan fingerprint density at radius 2 is 1.89 bits per heavy atom. The molecule has 2 aromatic carbocycles. The normalized spacial score (nSPS) is 11.8. The van der Waals surface area contributed by atoms with Crippen LogP contribution in [0, 0.1) is 0 Å². The minimum Gasteiger partial charge on any atom is -0.497 e. The van der Waals surface area contributed by atoms with Crippen LogP contribution in [0.2, 0.25) is 0 Å². The van der Waals surface area contributed by atoms with Gasteiger partial charge in [0.15, 0.2) is 0 Å². The molecule has 1 N–H and O–H groups in total. The highest BCUT2D eigenvalue weighted by Crippen LogP contribution is 2.21. The third-order valence-corrected chi connectivity index (χ3v) is 5.28. The summed E-state index contributed by atoms with van der Waals surface area (Å²) in [5.74, 6) is 0.918. The summed E-state index contributed by atoms with van der Waals surface area (Å²) in [7, 11) is 1.62. The smallest absolute Gasteiger partial charge is 0.230 e. The fraction of sp³-hybridized carbons (Fsp3) is 0.300. The minimum atomic E-state index is -0.0682. The lowest BCUT2D eigenvalue weighted by atomic mass is 10.1. The van der Waals surface area contributed by atoms with E-state index in [0.717, 1.165) is 23.4 Å². The molecule has 3 aromatic rings. The Bertz CT molecular complexity index is 909. The van der Waals surface area contributed by atoms with E-state index in [1.165, 1.54) is 17.3 Å². The molecule has 8 heteroatoms. The van der Waals surface area contributed by atoms with Crippen LogP contribution in [0.15, 0.2) is 53.7 Å². The van der Waals surface area contributed by atoms with E-state index in [4.69, 9.17) is 4.74 Å². The molecule has 1 amide bonds. The van der Waals surface area contributed by atoms with Gasteiger partial charge in [0.25, 0.3) is 0 Å². The zero-order valence-corrected chi connectivity index (χ0v) is 16.9. The molecule has 1 heterocycles. The number of benzene rings is 2. The Balaban J connectivity index is 1.58. The molecule has 0 spiro atoms. The summed E-state index contributed by atoms with van der Waals surface area (Å²) in [6, 6.07) is 15.6. The fourth-order valence-electron chi connectivity index (χ4n) is 2.69. The monoisotopic (exact) mass is 397 g/mol. The molecule has 0 saturated heterocycles. The molecule has 0 fully saturated rings. The van der Waals surface area contributed by atoms with Crippen molar-refractivity contribution >= 4 is 17.7 Å². The van der Waals surface area contributed by atoms with Gasteiger partial charge in [-0.15, -0.1) is 5.10 Å². The number of nitrogens with one attached hydrogen (secondary N) is 1. The SMILES string of the molecule is CCc1ccc([C@@H](C)NC(=O)CSc2nnnn2-c2ccc(OC)cc2)cc1. The molecule has 0 aliphatic rings. The largest absolute Gasteiger partial charge is 0.497 e. The number of ether oxygens (including phenoxy) is 1. The number of aromatic nitrogens is 4. The van der Waals surface area contributed by atoms with Gasteiger partial charge < -0.3 is 10.1 Å². The molecule has 7 nitrogen and oxygen atoms in total. The Morgan fingerprint density at radius 1 is 1.18 bits per heavy atom.